The number of pyridine rings is 1. The van der Waals surface area contributed by atoms with Crippen LogP contribution in [-0.4, -0.2) is 42.8 Å². The number of methoxy groups -OCH3 is 1. The molecule has 1 aromatic rings. The lowest BCUT2D eigenvalue weighted by Crippen LogP contribution is -2.18. The number of hydrogen-bond donors (Lipinski definition) is 0. The van der Waals surface area contributed by atoms with E-state index in [1.165, 1.54) is 19.5 Å². The highest BCUT2D eigenvalue weighted by Gasteiger charge is 2.20. The molecule has 0 bridgehead atoms. The van der Waals surface area contributed by atoms with E-state index in [0.29, 0.717) is 5.56 Å². The topological polar surface area (TPSA) is 59.5 Å². The van der Waals surface area contributed by atoms with E-state index < -0.39 is 11.8 Å². The smallest absolute Gasteiger partial charge is 0.343 e. The van der Waals surface area contributed by atoms with Crippen LogP contribution in [0.5, 0.6) is 0 Å². The maximum absolute atomic E-state index is 12.0. The molecule has 17 heavy (non-hydrogen) atoms. The first-order valence-electron chi connectivity index (χ1n) is 4.97. The fraction of sp³-hybridized carbons (Fsp3) is 0.250. The van der Waals surface area contributed by atoms with Gasteiger partial charge in [0.25, 0.3) is 0 Å². The molecular weight excluding hydrogens is 220 g/mol. The fourth-order valence-electron chi connectivity index (χ4n) is 1.22. The van der Waals surface area contributed by atoms with E-state index in [2.05, 4.69) is 9.72 Å². The first kappa shape index (κ1) is 12.9. The summed E-state index contributed by atoms with van der Waals surface area (Å²) in [6, 6.07) is 3.24. The molecule has 0 amide bonds. The van der Waals surface area contributed by atoms with Crippen molar-refractivity contribution in [3.05, 3.63) is 41.9 Å². The molecule has 0 saturated carbocycles. The number of carbonyl (C=O) groups excluding carboxylic acids is 2. The van der Waals surface area contributed by atoms with Gasteiger partial charge in [-0.3, -0.25) is 9.78 Å². The molecule has 0 fully saturated rings. The standard InChI is InChI=1S/C12H14N2O3/c1-14(2)8-10(12(16)17-3)11(15)9-5-4-6-13-7-9/h4-8H,1-3H3/b10-8+. The molecule has 0 spiro atoms. The molecule has 90 valence electrons. The lowest BCUT2D eigenvalue weighted by atomic mass is 10.1. The maximum Gasteiger partial charge on any atom is 0.343 e. The Bertz CT molecular complexity index is 438. The van der Waals surface area contributed by atoms with Crippen LogP contribution in [0, 0.1) is 0 Å². The van der Waals surface area contributed by atoms with Crippen molar-refractivity contribution in [2.24, 2.45) is 0 Å². The third-order valence-electron chi connectivity index (χ3n) is 1.96. The van der Waals surface area contributed by atoms with E-state index >= 15 is 0 Å². The Kier molecular flexibility index (Phi) is 4.39. The van der Waals surface area contributed by atoms with Gasteiger partial charge in [0.1, 0.15) is 5.57 Å². The van der Waals surface area contributed by atoms with Crippen molar-refractivity contribution in [1.29, 1.82) is 0 Å². The molecule has 0 radical (unpaired) electrons. The van der Waals surface area contributed by atoms with Gasteiger partial charge in [-0.1, -0.05) is 0 Å². The molecule has 5 nitrogen and oxygen atoms in total. The Morgan fingerprint density at radius 3 is 2.59 bits per heavy atom. The lowest BCUT2D eigenvalue weighted by Gasteiger charge is -2.09. The zero-order chi connectivity index (χ0) is 12.8. The molecule has 5 heteroatoms. The van der Waals surface area contributed by atoms with Crippen LogP contribution in [0.2, 0.25) is 0 Å². The number of hydrogen-bond acceptors (Lipinski definition) is 5. The predicted octanol–water partition coefficient (Wildman–Crippen LogP) is 0.883. The molecule has 0 aromatic carbocycles. The number of carbonyl (C=O) groups is 2. The molecule has 0 atom stereocenters. The van der Waals surface area contributed by atoms with Crippen molar-refractivity contribution in [3.63, 3.8) is 0 Å². The van der Waals surface area contributed by atoms with Crippen LogP contribution in [0.1, 0.15) is 10.4 Å². The third kappa shape index (κ3) is 3.41. The van der Waals surface area contributed by atoms with Crippen molar-refractivity contribution >= 4 is 11.8 Å². The molecule has 0 unspecified atom stereocenters. The average molecular weight is 234 g/mol. The Morgan fingerprint density at radius 2 is 2.12 bits per heavy atom. The normalized spacial score (nSPS) is 10.9. The van der Waals surface area contributed by atoms with Crippen molar-refractivity contribution < 1.29 is 14.3 Å². The first-order valence-corrected chi connectivity index (χ1v) is 4.97. The summed E-state index contributed by atoms with van der Waals surface area (Å²) in [6.07, 6.45) is 4.40. The van der Waals surface area contributed by atoms with E-state index in [0.717, 1.165) is 0 Å². The maximum atomic E-state index is 12.0. The van der Waals surface area contributed by atoms with Gasteiger partial charge in [-0.15, -0.1) is 0 Å². The molecule has 1 rings (SSSR count). The molecule has 0 saturated heterocycles. The minimum absolute atomic E-state index is 0.0227. The molecule has 1 heterocycles. The second-order valence-corrected chi connectivity index (χ2v) is 3.57. The van der Waals surface area contributed by atoms with Crippen LogP contribution < -0.4 is 0 Å². The quantitative estimate of drug-likeness (QED) is 0.254. The highest BCUT2D eigenvalue weighted by molar-refractivity contribution is 6.23. The van der Waals surface area contributed by atoms with E-state index in [1.807, 2.05) is 0 Å². The predicted molar refractivity (Wildman–Crippen MR) is 62.4 cm³/mol. The van der Waals surface area contributed by atoms with E-state index in [4.69, 9.17) is 0 Å². The van der Waals surface area contributed by atoms with Crippen LogP contribution in [-0.2, 0) is 9.53 Å². The van der Waals surface area contributed by atoms with Gasteiger partial charge >= 0.3 is 5.97 Å². The second-order valence-electron chi connectivity index (χ2n) is 3.57. The second kappa shape index (κ2) is 5.79. The summed E-state index contributed by atoms with van der Waals surface area (Å²) in [7, 11) is 4.68. The van der Waals surface area contributed by atoms with Gasteiger partial charge in [-0.2, -0.15) is 0 Å². The SMILES string of the molecule is COC(=O)/C(=C/N(C)C)C(=O)c1cccnc1. The van der Waals surface area contributed by atoms with Crippen molar-refractivity contribution in [2.45, 2.75) is 0 Å². The summed E-state index contributed by atoms with van der Waals surface area (Å²) in [5.74, 6) is -1.06. The molecular formula is C12H14N2O3. The van der Waals surface area contributed by atoms with Crippen molar-refractivity contribution in [1.82, 2.24) is 9.88 Å². The number of esters is 1. The number of ether oxygens (including phenoxy) is 1. The van der Waals surface area contributed by atoms with E-state index in [-0.39, 0.29) is 5.57 Å². The van der Waals surface area contributed by atoms with Gasteiger partial charge in [0.15, 0.2) is 0 Å². The Balaban J connectivity index is 3.08. The summed E-state index contributed by atoms with van der Waals surface area (Å²) >= 11 is 0. The minimum atomic E-state index is -0.660. The van der Waals surface area contributed by atoms with Crippen LogP contribution in [0.25, 0.3) is 0 Å². The summed E-state index contributed by atoms with van der Waals surface area (Å²) in [6.45, 7) is 0. The van der Waals surface area contributed by atoms with Gasteiger partial charge in [0.05, 0.1) is 7.11 Å². The average Bonchev–Trinajstić information content (AvgIpc) is 2.35. The number of rotatable bonds is 4. The van der Waals surface area contributed by atoms with Gasteiger partial charge in [-0.05, 0) is 12.1 Å². The van der Waals surface area contributed by atoms with Crippen molar-refractivity contribution in [2.75, 3.05) is 21.2 Å². The summed E-state index contributed by atoms with van der Waals surface area (Å²) in [4.78, 5) is 29.0. The third-order valence-corrected chi connectivity index (χ3v) is 1.96. The minimum Gasteiger partial charge on any atom is -0.465 e. The van der Waals surface area contributed by atoms with Crippen LogP contribution >= 0.6 is 0 Å². The first-order chi connectivity index (χ1) is 8.06. The number of Topliss-reactive ketones (excluding diaryl/α,β-unsaturated/α-hetero) is 1. The summed E-state index contributed by atoms with van der Waals surface area (Å²) in [5.41, 5.74) is 0.330. The molecule has 0 N–H and O–H groups in total. The van der Waals surface area contributed by atoms with E-state index in [1.54, 1.807) is 37.3 Å². The largest absolute Gasteiger partial charge is 0.465 e. The lowest BCUT2D eigenvalue weighted by molar-refractivity contribution is -0.135. The van der Waals surface area contributed by atoms with Gasteiger partial charge < -0.3 is 9.64 Å². The number of nitrogens with zero attached hydrogens (tertiary/aromatic N) is 2. The summed E-state index contributed by atoms with van der Waals surface area (Å²) < 4.78 is 4.58. The van der Waals surface area contributed by atoms with Gasteiger partial charge in [0, 0.05) is 38.3 Å². The Labute approximate surface area is 99.7 Å². The zero-order valence-corrected chi connectivity index (χ0v) is 10.0. The van der Waals surface area contributed by atoms with Gasteiger partial charge in [-0.25, -0.2) is 4.79 Å². The highest BCUT2D eigenvalue weighted by Crippen LogP contribution is 2.09. The molecule has 0 aliphatic rings. The summed E-state index contributed by atoms with van der Waals surface area (Å²) in [5, 5.41) is 0. The highest BCUT2D eigenvalue weighted by atomic mass is 16.5. The van der Waals surface area contributed by atoms with E-state index in [9.17, 15) is 9.59 Å². The zero-order valence-electron chi connectivity index (χ0n) is 10.0. The molecule has 0 aliphatic carbocycles. The Hall–Kier alpha value is -2.17. The fourth-order valence-corrected chi connectivity index (χ4v) is 1.22. The molecule has 0 aliphatic heterocycles. The van der Waals surface area contributed by atoms with Crippen LogP contribution in [0.15, 0.2) is 36.3 Å². The van der Waals surface area contributed by atoms with Crippen molar-refractivity contribution in [3.8, 4) is 0 Å². The van der Waals surface area contributed by atoms with Crippen LogP contribution in [0.4, 0.5) is 0 Å². The number of ketones is 1. The monoisotopic (exact) mass is 234 g/mol. The van der Waals surface area contributed by atoms with Crippen LogP contribution in [0.3, 0.4) is 0 Å². The molecule has 1 aromatic heterocycles. The number of aromatic nitrogens is 1. The Morgan fingerprint density at radius 1 is 1.41 bits per heavy atom. The van der Waals surface area contributed by atoms with Gasteiger partial charge in [0.2, 0.25) is 5.78 Å².